The van der Waals surface area contributed by atoms with Gasteiger partial charge in [-0.3, -0.25) is 19.3 Å². The van der Waals surface area contributed by atoms with Gasteiger partial charge in [-0.15, -0.1) is 0 Å². The van der Waals surface area contributed by atoms with Crippen molar-refractivity contribution in [1.82, 2.24) is 9.80 Å². The monoisotopic (exact) mass is 447 g/mol. The first kappa shape index (κ1) is 25.5. The molecule has 0 radical (unpaired) electrons. The van der Waals surface area contributed by atoms with E-state index in [0.29, 0.717) is 68.5 Å². The molecule has 0 saturated heterocycles. The maximum absolute atomic E-state index is 13.4. The number of hydrogen-bond acceptors (Lipinski definition) is 7. The number of carbonyl (C=O) groups excluding carboxylic acids is 3. The summed E-state index contributed by atoms with van der Waals surface area (Å²) >= 11 is 0. The zero-order valence-electron chi connectivity index (χ0n) is 19.3. The summed E-state index contributed by atoms with van der Waals surface area (Å²) in [5.41, 5.74) is 1.91. The highest BCUT2D eigenvalue weighted by molar-refractivity contribution is 6.35. The number of nitrogens with zero attached hydrogens (tertiary/aromatic N) is 2. The Morgan fingerprint density at radius 2 is 1.62 bits per heavy atom. The van der Waals surface area contributed by atoms with Crippen LogP contribution in [0.5, 0.6) is 0 Å². The Morgan fingerprint density at radius 1 is 1.00 bits per heavy atom. The molecule has 0 bridgehead atoms. The van der Waals surface area contributed by atoms with Crippen molar-refractivity contribution in [2.45, 2.75) is 20.3 Å². The number of nitrogens with one attached hydrogen (secondary N) is 1. The summed E-state index contributed by atoms with van der Waals surface area (Å²) in [4.78, 5) is 41.2. The van der Waals surface area contributed by atoms with Crippen LogP contribution in [0.3, 0.4) is 0 Å². The van der Waals surface area contributed by atoms with E-state index in [9.17, 15) is 14.4 Å². The van der Waals surface area contributed by atoms with E-state index in [0.717, 1.165) is 0 Å². The maximum Gasteiger partial charge on any atom is 0.277 e. The van der Waals surface area contributed by atoms with Gasteiger partial charge in [-0.05, 0) is 31.0 Å². The molecular weight excluding hydrogens is 414 g/mol. The minimum absolute atomic E-state index is 0.185. The summed E-state index contributed by atoms with van der Waals surface area (Å²) in [5.74, 6) is -0.858. The van der Waals surface area contributed by atoms with Crippen LogP contribution in [0, 0.1) is 0 Å². The van der Waals surface area contributed by atoms with Gasteiger partial charge in [-0.25, -0.2) is 0 Å². The predicted molar refractivity (Wildman–Crippen MR) is 121 cm³/mol. The number of anilines is 1. The van der Waals surface area contributed by atoms with Crippen molar-refractivity contribution in [3.63, 3.8) is 0 Å². The number of benzene rings is 1. The standard InChI is InChI=1S/C23H33N3O6/c1-5-32-14-6-11-26-22(28)20(18-7-9-19(10-8-18)24-17(2)27)21(23(26)29)25(12-15-30-3)13-16-31-4/h7-10H,5-6,11-16H2,1-4H3,(H,24,27). The van der Waals surface area contributed by atoms with Crippen LogP contribution in [0.1, 0.15) is 25.8 Å². The van der Waals surface area contributed by atoms with Crippen LogP contribution >= 0.6 is 0 Å². The molecule has 0 saturated carbocycles. The second kappa shape index (κ2) is 12.9. The number of imide groups is 1. The molecule has 1 aliphatic rings. The Morgan fingerprint density at radius 3 is 2.16 bits per heavy atom. The number of ether oxygens (including phenoxy) is 3. The van der Waals surface area contributed by atoms with Crippen LogP contribution in [-0.2, 0) is 28.6 Å². The Balaban J connectivity index is 2.42. The van der Waals surface area contributed by atoms with Gasteiger partial charge in [0.05, 0.1) is 18.8 Å². The van der Waals surface area contributed by atoms with Crippen molar-refractivity contribution in [2.75, 3.05) is 65.6 Å². The van der Waals surface area contributed by atoms with Gasteiger partial charge in [0.15, 0.2) is 0 Å². The fraction of sp³-hybridized carbons (Fsp3) is 0.522. The topological polar surface area (TPSA) is 97.4 Å². The van der Waals surface area contributed by atoms with Gasteiger partial charge in [-0.1, -0.05) is 12.1 Å². The van der Waals surface area contributed by atoms with Gasteiger partial charge in [0.2, 0.25) is 5.91 Å². The quantitative estimate of drug-likeness (QED) is 0.343. The van der Waals surface area contributed by atoms with Crippen LogP contribution in [-0.4, -0.2) is 87.8 Å². The van der Waals surface area contributed by atoms with Crippen molar-refractivity contribution >= 4 is 29.0 Å². The number of methoxy groups -OCH3 is 2. The third-order valence-electron chi connectivity index (χ3n) is 4.96. The minimum atomic E-state index is -0.339. The largest absolute Gasteiger partial charge is 0.383 e. The lowest BCUT2D eigenvalue weighted by Gasteiger charge is -2.25. The molecule has 0 fully saturated rings. The highest BCUT2D eigenvalue weighted by Gasteiger charge is 2.41. The van der Waals surface area contributed by atoms with Gasteiger partial charge in [0.25, 0.3) is 11.8 Å². The van der Waals surface area contributed by atoms with Gasteiger partial charge < -0.3 is 24.4 Å². The Kier molecular flexibility index (Phi) is 10.3. The van der Waals surface area contributed by atoms with E-state index in [1.165, 1.54) is 11.8 Å². The number of rotatable bonds is 14. The smallest absolute Gasteiger partial charge is 0.277 e. The molecule has 0 unspecified atom stereocenters. The first-order valence-corrected chi connectivity index (χ1v) is 10.7. The third kappa shape index (κ3) is 6.62. The van der Waals surface area contributed by atoms with Crippen molar-refractivity contribution in [2.24, 2.45) is 0 Å². The lowest BCUT2D eigenvalue weighted by Crippen LogP contribution is -2.38. The van der Waals surface area contributed by atoms with E-state index >= 15 is 0 Å². The Hall–Kier alpha value is -2.75. The van der Waals surface area contributed by atoms with E-state index in [-0.39, 0.29) is 24.3 Å². The van der Waals surface area contributed by atoms with Gasteiger partial charge in [0.1, 0.15) is 5.70 Å². The predicted octanol–water partition coefficient (Wildman–Crippen LogP) is 1.75. The highest BCUT2D eigenvalue weighted by Crippen LogP contribution is 2.32. The molecule has 1 N–H and O–H groups in total. The average molecular weight is 448 g/mol. The number of carbonyl (C=O) groups is 3. The second-order valence-corrected chi connectivity index (χ2v) is 7.27. The molecule has 0 atom stereocenters. The van der Waals surface area contributed by atoms with E-state index in [1.54, 1.807) is 38.5 Å². The van der Waals surface area contributed by atoms with Crippen LogP contribution in [0.25, 0.3) is 5.57 Å². The number of amides is 3. The Labute approximate surface area is 189 Å². The molecule has 176 valence electrons. The molecule has 1 heterocycles. The van der Waals surface area contributed by atoms with Crippen molar-refractivity contribution < 1.29 is 28.6 Å². The third-order valence-corrected chi connectivity index (χ3v) is 4.96. The summed E-state index contributed by atoms with van der Waals surface area (Å²) < 4.78 is 15.8. The molecule has 0 aliphatic carbocycles. The van der Waals surface area contributed by atoms with Crippen molar-refractivity contribution in [3.05, 3.63) is 35.5 Å². The first-order chi connectivity index (χ1) is 15.4. The van der Waals surface area contributed by atoms with Gasteiger partial charge in [0, 0.05) is 59.7 Å². The zero-order chi connectivity index (χ0) is 23.5. The SMILES string of the molecule is CCOCCCN1C(=O)C(c2ccc(NC(C)=O)cc2)=C(N(CCOC)CCOC)C1=O. The summed E-state index contributed by atoms with van der Waals surface area (Å²) in [5, 5.41) is 2.71. The van der Waals surface area contributed by atoms with E-state index in [4.69, 9.17) is 14.2 Å². The summed E-state index contributed by atoms with van der Waals surface area (Å²) in [6.07, 6.45) is 0.559. The molecule has 9 heteroatoms. The maximum atomic E-state index is 13.4. The zero-order valence-corrected chi connectivity index (χ0v) is 19.3. The molecule has 2 rings (SSSR count). The normalized spacial score (nSPS) is 13.8. The fourth-order valence-electron chi connectivity index (χ4n) is 3.45. The first-order valence-electron chi connectivity index (χ1n) is 10.7. The fourth-order valence-corrected chi connectivity index (χ4v) is 3.45. The van der Waals surface area contributed by atoms with Gasteiger partial charge >= 0.3 is 0 Å². The van der Waals surface area contributed by atoms with Crippen LogP contribution in [0.15, 0.2) is 30.0 Å². The van der Waals surface area contributed by atoms with Crippen molar-refractivity contribution in [1.29, 1.82) is 0 Å². The minimum Gasteiger partial charge on any atom is -0.383 e. The van der Waals surface area contributed by atoms with Crippen LogP contribution < -0.4 is 5.32 Å². The molecule has 32 heavy (non-hydrogen) atoms. The molecule has 1 aromatic rings. The lowest BCUT2D eigenvalue weighted by atomic mass is 10.0. The Bertz CT molecular complexity index is 814. The summed E-state index contributed by atoms with van der Waals surface area (Å²) in [7, 11) is 3.18. The van der Waals surface area contributed by atoms with Crippen LogP contribution in [0.2, 0.25) is 0 Å². The molecule has 0 spiro atoms. The van der Waals surface area contributed by atoms with Gasteiger partial charge in [-0.2, -0.15) is 0 Å². The lowest BCUT2D eigenvalue weighted by molar-refractivity contribution is -0.137. The molecule has 1 aromatic carbocycles. The highest BCUT2D eigenvalue weighted by atomic mass is 16.5. The number of hydrogen-bond donors (Lipinski definition) is 1. The molecule has 0 aromatic heterocycles. The van der Waals surface area contributed by atoms with Crippen molar-refractivity contribution in [3.8, 4) is 0 Å². The van der Waals surface area contributed by atoms with E-state index in [2.05, 4.69) is 5.32 Å². The molecular formula is C23H33N3O6. The molecule has 3 amide bonds. The average Bonchev–Trinajstić information content (AvgIpc) is 3.01. The van der Waals surface area contributed by atoms with E-state index in [1.807, 2.05) is 11.8 Å². The summed E-state index contributed by atoms with van der Waals surface area (Å²) in [6, 6.07) is 6.90. The van der Waals surface area contributed by atoms with E-state index < -0.39 is 0 Å². The molecule has 9 nitrogen and oxygen atoms in total. The second-order valence-electron chi connectivity index (χ2n) is 7.27. The van der Waals surface area contributed by atoms with Crippen LogP contribution in [0.4, 0.5) is 5.69 Å². The summed E-state index contributed by atoms with van der Waals surface area (Å²) in [6.45, 7) is 6.33. The molecule has 1 aliphatic heterocycles.